The molecule has 0 radical (unpaired) electrons. The van der Waals surface area contributed by atoms with E-state index in [1.54, 1.807) is 6.08 Å². The zero-order valence-corrected chi connectivity index (χ0v) is 4.89. The second kappa shape index (κ2) is 1.73. The van der Waals surface area contributed by atoms with Gasteiger partial charge in [-0.2, -0.15) is 0 Å². The molecule has 1 aliphatic rings. The smallest absolute Gasteiger partial charge is 0.129 e. The Morgan fingerprint density at radius 1 is 1.50 bits per heavy atom. The van der Waals surface area contributed by atoms with Gasteiger partial charge in [0.1, 0.15) is 6.29 Å². The zero-order valence-electron chi connectivity index (χ0n) is 4.89. The summed E-state index contributed by atoms with van der Waals surface area (Å²) in [6, 6.07) is 0. The van der Waals surface area contributed by atoms with Crippen LogP contribution in [-0.4, -0.2) is 6.29 Å². The molecule has 1 heteroatoms. The van der Waals surface area contributed by atoms with E-state index >= 15 is 0 Å². The molecular formula is C7H10O. The van der Waals surface area contributed by atoms with Crippen LogP contribution in [-0.2, 0) is 4.79 Å². The van der Waals surface area contributed by atoms with Gasteiger partial charge in [0.25, 0.3) is 0 Å². The van der Waals surface area contributed by atoms with Crippen molar-refractivity contribution in [3.05, 3.63) is 12.7 Å². The average molecular weight is 110 g/mol. The predicted octanol–water partition coefficient (Wildman–Crippen LogP) is 1.54. The lowest BCUT2D eigenvalue weighted by Crippen LogP contribution is -2.27. The van der Waals surface area contributed by atoms with Crippen molar-refractivity contribution in [2.75, 3.05) is 0 Å². The molecule has 0 aromatic carbocycles. The molecule has 1 rings (SSSR count). The maximum Gasteiger partial charge on any atom is 0.129 e. The summed E-state index contributed by atoms with van der Waals surface area (Å²) in [4.78, 5) is 10.3. The first-order valence-corrected chi connectivity index (χ1v) is 2.93. The molecule has 0 spiro atoms. The molecule has 1 saturated carbocycles. The van der Waals surface area contributed by atoms with Crippen LogP contribution in [0.25, 0.3) is 0 Å². The largest absolute Gasteiger partial charge is 0.302 e. The zero-order chi connectivity index (χ0) is 6.04. The summed E-state index contributed by atoms with van der Waals surface area (Å²) in [6.07, 6.45) is 6.00. The number of aldehydes is 1. The molecule has 1 aliphatic carbocycles. The lowest BCUT2D eigenvalue weighted by molar-refractivity contribution is -0.117. The highest BCUT2D eigenvalue weighted by molar-refractivity contribution is 5.63. The van der Waals surface area contributed by atoms with Gasteiger partial charge in [-0.25, -0.2) is 0 Å². The van der Waals surface area contributed by atoms with Gasteiger partial charge in [-0.05, 0) is 12.8 Å². The Labute approximate surface area is 49.4 Å². The first kappa shape index (κ1) is 5.54. The summed E-state index contributed by atoms with van der Waals surface area (Å²) < 4.78 is 0. The molecule has 44 valence electrons. The van der Waals surface area contributed by atoms with E-state index in [1.165, 1.54) is 6.42 Å². The van der Waals surface area contributed by atoms with Crippen LogP contribution in [0.2, 0.25) is 0 Å². The van der Waals surface area contributed by atoms with Gasteiger partial charge in [0.2, 0.25) is 0 Å². The van der Waals surface area contributed by atoms with Crippen LogP contribution < -0.4 is 0 Å². The minimum Gasteiger partial charge on any atom is -0.302 e. The summed E-state index contributed by atoms with van der Waals surface area (Å²) in [5.74, 6) is 0. The van der Waals surface area contributed by atoms with Gasteiger partial charge in [0.15, 0.2) is 0 Å². The van der Waals surface area contributed by atoms with Gasteiger partial charge >= 0.3 is 0 Å². The first-order valence-electron chi connectivity index (χ1n) is 2.93. The second-order valence-electron chi connectivity index (χ2n) is 2.41. The van der Waals surface area contributed by atoms with Crippen LogP contribution in [0.5, 0.6) is 0 Å². The third-order valence-electron chi connectivity index (χ3n) is 1.93. The average Bonchev–Trinajstić information content (AvgIpc) is 1.67. The fourth-order valence-electron chi connectivity index (χ4n) is 0.955. The van der Waals surface area contributed by atoms with E-state index in [2.05, 4.69) is 6.58 Å². The monoisotopic (exact) mass is 110 g/mol. The minimum absolute atomic E-state index is 0.111. The van der Waals surface area contributed by atoms with Crippen molar-refractivity contribution >= 4 is 6.29 Å². The van der Waals surface area contributed by atoms with Crippen LogP contribution in [0.3, 0.4) is 0 Å². The standard InChI is InChI=1S/C7H10O/c1-2-7(6-8)4-3-5-7/h2,6H,1,3-5H2. The van der Waals surface area contributed by atoms with Gasteiger partial charge in [0.05, 0.1) is 0 Å². The normalized spacial score (nSPS) is 23.5. The number of hydrogen-bond donors (Lipinski definition) is 0. The number of hydrogen-bond acceptors (Lipinski definition) is 1. The Kier molecular flexibility index (Phi) is 1.20. The predicted molar refractivity (Wildman–Crippen MR) is 32.5 cm³/mol. The second-order valence-corrected chi connectivity index (χ2v) is 2.41. The third kappa shape index (κ3) is 0.585. The van der Waals surface area contributed by atoms with E-state index in [0.29, 0.717) is 0 Å². The van der Waals surface area contributed by atoms with E-state index in [4.69, 9.17) is 0 Å². The van der Waals surface area contributed by atoms with Crippen LogP contribution in [0.4, 0.5) is 0 Å². The molecule has 1 fully saturated rings. The van der Waals surface area contributed by atoms with Crippen LogP contribution in [0, 0.1) is 5.41 Å². The van der Waals surface area contributed by atoms with Crippen molar-refractivity contribution in [2.24, 2.45) is 5.41 Å². The topological polar surface area (TPSA) is 17.1 Å². The molecule has 0 bridgehead atoms. The van der Waals surface area contributed by atoms with Crippen molar-refractivity contribution in [1.82, 2.24) is 0 Å². The number of carbonyl (C=O) groups excluding carboxylic acids is 1. The van der Waals surface area contributed by atoms with E-state index < -0.39 is 0 Å². The van der Waals surface area contributed by atoms with E-state index in [9.17, 15) is 4.79 Å². The van der Waals surface area contributed by atoms with Gasteiger partial charge in [0, 0.05) is 5.41 Å². The molecule has 0 aromatic rings. The molecular weight excluding hydrogens is 100 g/mol. The van der Waals surface area contributed by atoms with E-state index in [0.717, 1.165) is 19.1 Å². The Bertz CT molecular complexity index is 102. The number of carbonyl (C=O) groups is 1. The highest BCUT2D eigenvalue weighted by Gasteiger charge is 2.32. The molecule has 1 nitrogen and oxygen atoms in total. The quantitative estimate of drug-likeness (QED) is 0.389. The van der Waals surface area contributed by atoms with Gasteiger partial charge in [-0.1, -0.05) is 12.5 Å². The fraction of sp³-hybridized carbons (Fsp3) is 0.571. The van der Waals surface area contributed by atoms with Gasteiger partial charge in [-0.3, -0.25) is 0 Å². The first-order chi connectivity index (χ1) is 3.83. The minimum atomic E-state index is -0.111. The molecule has 0 N–H and O–H groups in total. The number of allylic oxidation sites excluding steroid dienone is 1. The molecule has 0 aromatic heterocycles. The van der Waals surface area contributed by atoms with Crippen molar-refractivity contribution in [3.8, 4) is 0 Å². The van der Waals surface area contributed by atoms with Gasteiger partial charge < -0.3 is 4.79 Å². The van der Waals surface area contributed by atoms with E-state index in [1.807, 2.05) is 0 Å². The van der Waals surface area contributed by atoms with Crippen molar-refractivity contribution < 1.29 is 4.79 Å². The van der Waals surface area contributed by atoms with Crippen LogP contribution in [0.1, 0.15) is 19.3 Å². The highest BCUT2D eigenvalue weighted by Crippen LogP contribution is 2.39. The SMILES string of the molecule is C=CC1(C=O)CCC1. The molecule has 0 heterocycles. The fourth-order valence-corrected chi connectivity index (χ4v) is 0.955. The molecule has 0 aliphatic heterocycles. The lowest BCUT2D eigenvalue weighted by atomic mass is 9.70. The Balaban J connectivity index is 2.57. The highest BCUT2D eigenvalue weighted by atomic mass is 16.1. The molecule has 0 amide bonds. The summed E-state index contributed by atoms with van der Waals surface area (Å²) in [5, 5.41) is 0. The Hall–Kier alpha value is -0.590. The lowest BCUT2D eigenvalue weighted by Gasteiger charge is -2.32. The van der Waals surface area contributed by atoms with Crippen molar-refractivity contribution in [3.63, 3.8) is 0 Å². The van der Waals surface area contributed by atoms with Crippen molar-refractivity contribution in [2.45, 2.75) is 19.3 Å². The molecule has 0 atom stereocenters. The number of rotatable bonds is 2. The molecule has 0 unspecified atom stereocenters. The Morgan fingerprint density at radius 3 is 2.12 bits per heavy atom. The molecule has 8 heavy (non-hydrogen) atoms. The molecule has 0 saturated heterocycles. The third-order valence-corrected chi connectivity index (χ3v) is 1.93. The Morgan fingerprint density at radius 2 is 2.12 bits per heavy atom. The van der Waals surface area contributed by atoms with Crippen LogP contribution >= 0.6 is 0 Å². The van der Waals surface area contributed by atoms with Crippen molar-refractivity contribution in [1.29, 1.82) is 0 Å². The van der Waals surface area contributed by atoms with Crippen LogP contribution in [0.15, 0.2) is 12.7 Å². The summed E-state index contributed by atoms with van der Waals surface area (Å²) in [7, 11) is 0. The maximum atomic E-state index is 10.3. The summed E-state index contributed by atoms with van der Waals surface area (Å²) in [5.41, 5.74) is -0.111. The maximum absolute atomic E-state index is 10.3. The van der Waals surface area contributed by atoms with Gasteiger partial charge in [-0.15, -0.1) is 6.58 Å². The van der Waals surface area contributed by atoms with E-state index in [-0.39, 0.29) is 5.41 Å². The summed E-state index contributed by atoms with van der Waals surface area (Å²) >= 11 is 0. The summed E-state index contributed by atoms with van der Waals surface area (Å²) in [6.45, 7) is 3.59.